The van der Waals surface area contributed by atoms with Gasteiger partial charge in [-0.3, -0.25) is 0 Å². The normalized spacial score (nSPS) is 12.3. The molecule has 39 heavy (non-hydrogen) atoms. The summed E-state index contributed by atoms with van der Waals surface area (Å²) in [6, 6.07) is 0. The summed E-state index contributed by atoms with van der Waals surface area (Å²) in [4.78, 5) is 0. The standard InChI is InChI=1S/C37H74O2/c1-6-10-14-15-16-19-24-29-37(34-38-31-13-9-4)30-25-20-17-18-21-26-32-39-35(5)33-36(27-22-11-7-2)28-23-12-8-3/h36-37H,5-34H2,1-4H3. The molecule has 234 valence electrons. The van der Waals surface area contributed by atoms with Gasteiger partial charge < -0.3 is 9.47 Å². The fourth-order valence-electron chi connectivity index (χ4n) is 5.75. The SMILES string of the molecule is C=C(CC(CCCCC)CCCCC)OCCCCCCCCC(CCCCCCCCC)COCCCC. The third-order valence-electron chi connectivity index (χ3n) is 8.47. The Bertz CT molecular complexity index is 464. The van der Waals surface area contributed by atoms with E-state index in [0.717, 1.165) is 43.8 Å². The van der Waals surface area contributed by atoms with E-state index in [9.17, 15) is 0 Å². The van der Waals surface area contributed by atoms with Gasteiger partial charge in [-0.1, -0.05) is 169 Å². The lowest BCUT2D eigenvalue weighted by atomic mass is 9.91. The molecule has 0 saturated heterocycles. The van der Waals surface area contributed by atoms with Crippen LogP contribution in [0, 0.1) is 11.8 Å². The zero-order chi connectivity index (χ0) is 28.7. The summed E-state index contributed by atoms with van der Waals surface area (Å²) in [6.45, 7) is 16.2. The molecular formula is C37H74O2. The van der Waals surface area contributed by atoms with Crippen molar-refractivity contribution in [3.05, 3.63) is 12.3 Å². The van der Waals surface area contributed by atoms with Crippen molar-refractivity contribution in [3.8, 4) is 0 Å². The topological polar surface area (TPSA) is 18.5 Å². The number of ether oxygens (including phenoxy) is 2. The highest BCUT2D eigenvalue weighted by Gasteiger charge is 2.12. The second-order valence-electron chi connectivity index (χ2n) is 12.6. The van der Waals surface area contributed by atoms with E-state index in [2.05, 4.69) is 34.3 Å². The second-order valence-corrected chi connectivity index (χ2v) is 12.6. The number of hydrogen-bond acceptors (Lipinski definition) is 2. The van der Waals surface area contributed by atoms with E-state index in [1.165, 1.54) is 161 Å². The number of hydrogen-bond donors (Lipinski definition) is 0. The molecule has 0 bridgehead atoms. The molecule has 0 radical (unpaired) electrons. The van der Waals surface area contributed by atoms with Crippen LogP contribution in [0.25, 0.3) is 0 Å². The Kier molecular flexibility index (Phi) is 31.6. The first-order valence-electron chi connectivity index (χ1n) is 18.1. The van der Waals surface area contributed by atoms with Crippen LogP contribution >= 0.6 is 0 Å². The summed E-state index contributed by atoms with van der Waals surface area (Å²) in [6.07, 6.45) is 34.9. The van der Waals surface area contributed by atoms with Gasteiger partial charge in [0.05, 0.1) is 12.4 Å². The predicted molar refractivity (Wildman–Crippen MR) is 176 cm³/mol. The summed E-state index contributed by atoms with van der Waals surface area (Å²) in [5, 5.41) is 0. The molecule has 0 N–H and O–H groups in total. The molecule has 0 spiro atoms. The van der Waals surface area contributed by atoms with Gasteiger partial charge in [-0.25, -0.2) is 0 Å². The quantitative estimate of drug-likeness (QED) is 0.0597. The van der Waals surface area contributed by atoms with Gasteiger partial charge in [0.1, 0.15) is 0 Å². The van der Waals surface area contributed by atoms with Crippen LogP contribution in [0.1, 0.15) is 195 Å². The maximum atomic E-state index is 6.06. The zero-order valence-corrected chi connectivity index (χ0v) is 27.7. The third-order valence-corrected chi connectivity index (χ3v) is 8.47. The van der Waals surface area contributed by atoms with Gasteiger partial charge >= 0.3 is 0 Å². The van der Waals surface area contributed by atoms with Crippen LogP contribution in [0.4, 0.5) is 0 Å². The highest BCUT2D eigenvalue weighted by Crippen LogP contribution is 2.25. The van der Waals surface area contributed by atoms with Crippen molar-refractivity contribution in [2.45, 2.75) is 195 Å². The van der Waals surface area contributed by atoms with Crippen LogP contribution < -0.4 is 0 Å². The Morgan fingerprint density at radius 2 is 0.872 bits per heavy atom. The first-order chi connectivity index (χ1) is 19.2. The number of rotatable bonds is 33. The number of unbranched alkanes of at least 4 members (excludes halogenated alkanes) is 16. The first kappa shape index (κ1) is 38.5. The maximum absolute atomic E-state index is 6.06. The Balaban J connectivity index is 3.93. The van der Waals surface area contributed by atoms with Crippen LogP contribution in [0.2, 0.25) is 0 Å². The molecule has 0 aromatic carbocycles. The highest BCUT2D eigenvalue weighted by molar-refractivity contribution is 4.85. The van der Waals surface area contributed by atoms with Crippen LogP contribution in [0.3, 0.4) is 0 Å². The summed E-state index contributed by atoms with van der Waals surface area (Å²) < 4.78 is 12.1. The second kappa shape index (κ2) is 32.0. The van der Waals surface area contributed by atoms with Crippen molar-refractivity contribution >= 4 is 0 Å². The van der Waals surface area contributed by atoms with Gasteiger partial charge in [0.15, 0.2) is 0 Å². The first-order valence-corrected chi connectivity index (χ1v) is 18.1. The zero-order valence-electron chi connectivity index (χ0n) is 27.7. The molecule has 0 heterocycles. The van der Waals surface area contributed by atoms with Crippen LogP contribution in [0.5, 0.6) is 0 Å². The van der Waals surface area contributed by atoms with E-state index in [-0.39, 0.29) is 0 Å². The van der Waals surface area contributed by atoms with E-state index in [1.54, 1.807) is 0 Å². The molecule has 0 saturated carbocycles. The Hall–Kier alpha value is -0.500. The molecule has 2 nitrogen and oxygen atoms in total. The van der Waals surface area contributed by atoms with Crippen molar-refractivity contribution in [2.24, 2.45) is 11.8 Å². The van der Waals surface area contributed by atoms with Gasteiger partial charge in [0.2, 0.25) is 0 Å². The monoisotopic (exact) mass is 551 g/mol. The molecule has 0 rings (SSSR count). The van der Waals surface area contributed by atoms with E-state index in [0.29, 0.717) is 0 Å². The lowest BCUT2D eigenvalue weighted by Gasteiger charge is -2.19. The smallest absolute Gasteiger partial charge is 0.0890 e. The van der Waals surface area contributed by atoms with Gasteiger partial charge in [-0.15, -0.1) is 0 Å². The fraction of sp³-hybridized carbons (Fsp3) is 0.946. The molecule has 0 amide bonds. The van der Waals surface area contributed by atoms with E-state index >= 15 is 0 Å². The van der Waals surface area contributed by atoms with Crippen molar-refractivity contribution in [1.82, 2.24) is 0 Å². The Morgan fingerprint density at radius 1 is 0.462 bits per heavy atom. The highest BCUT2D eigenvalue weighted by atomic mass is 16.5. The van der Waals surface area contributed by atoms with Crippen LogP contribution in [0.15, 0.2) is 12.3 Å². The molecule has 0 aliphatic carbocycles. The molecular weight excluding hydrogens is 476 g/mol. The molecule has 2 heteroatoms. The molecule has 0 aromatic heterocycles. The molecule has 0 aliphatic heterocycles. The van der Waals surface area contributed by atoms with Gasteiger partial charge in [0, 0.05) is 19.6 Å². The molecule has 1 atom stereocenters. The molecule has 0 fully saturated rings. The Labute approximate surface area is 247 Å². The van der Waals surface area contributed by atoms with Crippen molar-refractivity contribution in [3.63, 3.8) is 0 Å². The van der Waals surface area contributed by atoms with E-state index < -0.39 is 0 Å². The van der Waals surface area contributed by atoms with Gasteiger partial charge in [-0.05, 0) is 37.5 Å². The fourth-order valence-corrected chi connectivity index (χ4v) is 5.75. The Morgan fingerprint density at radius 3 is 1.41 bits per heavy atom. The summed E-state index contributed by atoms with van der Waals surface area (Å²) in [5.41, 5.74) is 0. The summed E-state index contributed by atoms with van der Waals surface area (Å²) in [5.74, 6) is 2.60. The van der Waals surface area contributed by atoms with Gasteiger partial charge in [-0.2, -0.15) is 0 Å². The average Bonchev–Trinajstić information content (AvgIpc) is 2.93. The summed E-state index contributed by atoms with van der Waals surface area (Å²) >= 11 is 0. The minimum absolute atomic E-state index is 0.780. The molecule has 0 aromatic rings. The number of allylic oxidation sites excluding steroid dienone is 1. The minimum atomic E-state index is 0.780. The largest absolute Gasteiger partial charge is 0.499 e. The molecule has 1 unspecified atom stereocenters. The average molecular weight is 551 g/mol. The third kappa shape index (κ3) is 28.8. The van der Waals surface area contributed by atoms with Crippen molar-refractivity contribution < 1.29 is 9.47 Å². The van der Waals surface area contributed by atoms with Crippen LogP contribution in [-0.4, -0.2) is 19.8 Å². The van der Waals surface area contributed by atoms with Crippen LogP contribution in [-0.2, 0) is 9.47 Å². The van der Waals surface area contributed by atoms with Gasteiger partial charge in [0.25, 0.3) is 0 Å². The maximum Gasteiger partial charge on any atom is 0.0890 e. The van der Waals surface area contributed by atoms with Crippen molar-refractivity contribution in [2.75, 3.05) is 19.8 Å². The summed E-state index contributed by atoms with van der Waals surface area (Å²) in [7, 11) is 0. The minimum Gasteiger partial charge on any atom is -0.499 e. The van der Waals surface area contributed by atoms with E-state index in [4.69, 9.17) is 9.47 Å². The lowest BCUT2D eigenvalue weighted by molar-refractivity contribution is 0.0888. The molecule has 0 aliphatic rings. The van der Waals surface area contributed by atoms with Crippen molar-refractivity contribution in [1.29, 1.82) is 0 Å². The lowest BCUT2D eigenvalue weighted by Crippen LogP contribution is -2.11. The predicted octanol–water partition coefficient (Wildman–Crippen LogP) is 13.0. The van der Waals surface area contributed by atoms with E-state index in [1.807, 2.05) is 0 Å².